The van der Waals surface area contributed by atoms with E-state index in [1.807, 2.05) is 54.6 Å². The standard InChI is InChI=1S/C37H24ClN3O/c38-31-13-5-3-10-28(31)24-17-19-25(20-18-24)35-39-36(27-21-16-23-8-1-2-9-26(23)22-27)41-37(40-35)30-12-7-15-33-34(30)29-11-4-6-14-32(29)42-33/h1-22,37H,(H,39,40,41). The predicted molar refractivity (Wildman–Crippen MR) is 174 cm³/mol. The van der Waals surface area contributed by atoms with Crippen molar-refractivity contribution in [3.05, 3.63) is 155 Å². The van der Waals surface area contributed by atoms with E-state index in [1.165, 1.54) is 5.39 Å². The summed E-state index contributed by atoms with van der Waals surface area (Å²) in [5.41, 5.74) is 6.70. The van der Waals surface area contributed by atoms with E-state index in [-0.39, 0.29) is 0 Å². The number of hydrogen-bond donors (Lipinski definition) is 1. The maximum absolute atomic E-state index is 6.48. The van der Waals surface area contributed by atoms with Crippen LogP contribution in [-0.2, 0) is 0 Å². The zero-order chi connectivity index (χ0) is 28.0. The Labute approximate surface area is 247 Å². The number of fused-ring (bicyclic) bond motifs is 4. The molecule has 0 amide bonds. The van der Waals surface area contributed by atoms with Crippen LogP contribution in [0.5, 0.6) is 0 Å². The summed E-state index contributed by atoms with van der Waals surface area (Å²) in [6, 6.07) is 45.3. The van der Waals surface area contributed by atoms with Crippen LogP contribution in [0, 0.1) is 0 Å². The first kappa shape index (κ1) is 24.6. The van der Waals surface area contributed by atoms with Gasteiger partial charge >= 0.3 is 0 Å². The molecule has 1 aliphatic heterocycles. The number of aliphatic imine (C=N–C) groups is 2. The predicted octanol–water partition coefficient (Wildman–Crippen LogP) is 9.55. The molecule has 0 fully saturated rings. The zero-order valence-corrected chi connectivity index (χ0v) is 23.2. The second-order valence-corrected chi connectivity index (χ2v) is 10.8. The maximum atomic E-state index is 6.48. The van der Waals surface area contributed by atoms with Crippen molar-refractivity contribution >= 4 is 56.0 Å². The number of nitrogens with zero attached hydrogens (tertiary/aromatic N) is 2. The van der Waals surface area contributed by atoms with Gasteiger partial charge in [0.1, 0.15) is 22.8 Å². The Hall–Kier alpha value is -5.19. The van der Waals surface area contributed by atoms with E-state index in [0.717, 1.165) is 71.8 Å². The minimum absolute atomic E-state index is 0.462. The number of amidine groups is 2. The Bertz CT molecular complexity index is 2190. The van der Waals surface area contributed by atoms with Crippen LogP contribution in [0.4, 0.5) is 0 Å². The number of benzene rings is 6. The number of para-hydroxylation sites is 1. The van der Waals surface area contributed by atoms with Crippen LogP contribution in [0.1, 0.15) is 22.9 Å². The van der Waals surface area contributed by atoms with Crippen LogP contribution in [0.3, 0.4) is 0 Å². The highest BCUT2D eigenvalue weighted by molar-refractivity contribution is 6.33. The minimum Gasteiger partial charge on any atom is -0.456 e. The molecule has 1 atom stereocenters. The topological polar surface area (TPSA) is 49.9 Å². The monoisotopic (exact) mass is 561 g/mol. The maximum Gasteiger partial charge on any atom is 0.170 e. The van der Waals surface area contributed by atoms with E-state index in [0.29, 0.717) is 0 Å². The molecular formula is C37H24ClN3O. The molecule has 0 saturated carbocycles. The molecule has 1 aliphatic rings. The van der Waals surface area contributed by atoms with Crippen molar-refractivity contribution in [2.75, 3.05) is 0 Å². The van der Waals surface area contributed by atoms with E-state index in [4.69, 9.17) is 26.0 Å². The first-order chi connectivity index (χ1) is 20.7. The fourth-order valence-corrected chi connectivity index (χ4v) is 5.98. The van der Waals surface area contributed by atoms with Crippen LogP contribution in [-0.4, -0.2) is 11.7 Å². The molecule has 2 heterocycles. The molecule has 0 radical (unpaired) electrons. The fraction of sp³-hybridized carbons (Fsp3) is 0.0270. The second-order valence-electron chi connectivity index (χ2n) is 10.4. The smallest absolute Gasteiger partial charge is 0.170 e. The lowest BCUT2D eigenvalue weighted by Crippen LogP contribution is -2.36. The second kappa shape index (κ2) is 10.0. The van der Waals surface area contributed by atoms with Gasteiger partial charge in [-0.05, 0) is 40.6 Å². The van der Waals surface area contributed by atoms with Crippen LogP contribution in [0.25, 0.3) is 43.8 Å². The zero-order valence-electron chi connectivity index (χ0n) is 22.5. The van der Waals surface area contributed by atoms with Crippen LogP contribution in [0.2, 0.25) is 5.02 Å². The van der Waals surface area contributed by atoms with Gasteiger partial charge in [-0.1, -0.05) is 121 Å². The van der Waals surface area contributed by atoms with Gasteiger partial charge in [-0.2, -0.15) is 0 Å². The van der Waals surface area contributed by atoms with Crippen LogP contribution >= 0.6 is 11.6 Å². The average molecular weight is 562 g/mol. The molecule has 0 saturated heterocycles. The van der Waals surface area contributed by atoms with Gasteiger partial charge in [0.25, 0.3) is 0 Å². The summed E-state index contributed by atoms with van der Waals surface area (Å²) in [4.78, 5) is 10.3. The highest BCUT2D eigenvalue weighted by atomic mass is 35.5. The van der Waals surface area contributed by atoms with Gasteiger partial charge in [-0.25, -0.2) is 9.98 Å². The van der Waals surface area contributed by atoms with E-state index < -0.39 is 6.17 Å². The van der Waals surface area contributed by atoms with Gasteiger partial charge in [-0.15, -0.1) is 0 Å². The lowest BCUT2D eigenvalue weighted by atomic mass is 10.0. The summed E-state index contributed by atoms with van der Waals surface area (Å²) in [6.45, 7) is 0. The molecule has 0 aliphatic carbocycles. The quantitative estimate of drug-likeness (QED) is 0.232. The first-order valence-corrected chi connectivity index (χ1v) is 14.3. The average Bonchev–Trinajstić information content (AvgIpc) is 3.44. The highest BCUT2D eigenvalue weighted by Gasteiger charge is 2.24. The molecule has 8 rings (SSSR count). The van der Waals surface area contributed by atoms with E-state index in [1.54, 1.807) is 0 Å². The summed E-state index contributed by atoms with van der Waals surface area (Å²) in [7, 11) is 0. The van der Waals surface area contributed by atoms with Gasteiger partial charge in [0, 0.05) is 38.0 Å². The molecule has 1 N–H and O–H groups in total. The summed E-state index contributed by atoms with van der Waals surface area (Å²) in [5.74, 6) is 1.53. The molecule has 1 aromatic heterocycles. The highest BCUT2D eigenvalue weighted by Crippen LogP contribution is 2.37. The minimum atomic E-state index is -0.462. The molecule has 42 heavy (non-hydrogen) atoms. The van der Waals surface area contributed by atoms with Crippen molar-refractivity contribution in [3.63, 3.8) is 0 Å². The molecule has 0 bridgehead atoms. The lowest BCUT2D eigenvalue weighted by Gasteiger charge is -2.23. The molecule has 0 spiro atoms. The van der Waals surface area contributed by atoms with Gasteiger partial charge in [0.05, 0.1) is 0 Å². The normalized spacial score (nSPS) is 15.0. The van der Waals surface area contributed by atoms with Crippen molar-refractivity contribution in [1.82, 2.24) is 5.32 Å². The van der Waals surface area contributed by atoms with Gasteiger partial charge in [0.15, 0.2) is 6.17 Å². The summed E-state index contributed by atoms with van der Waals surface area (Å²) in [5, 5.41) is 8.73. The third-order valence-electron chi connectivity index (χ3n) is 7.82. The molecule has 7 aromatic rings. The molecule has 200 valence electrons. The van der Waals surface area contributed by atoms with Crippen LogP contribution < -0.4 is 5.32 Å². The molecule has 5 heteroatoms. The van der Waals surface area contributed by atoms with E-state index in [9.17, 15) is 0 Å². The van der Waals surface area contributed by atoms with Crippen molar-refractivity contribution in [1.29, 1.82) is 0 Å². The Morgan fingerprint density at radius 2 is 1.24 bits per heavy atom. The van der Waals surface area contributed by atoms with E-state index >= 15 is 0 Å². The number of rotatable bonds is 4. The largest absolute Gasteiger partial charge is 0.456 e. The Kier molecular flexibility index (Phi) is 5.87. The van der Waals surface area contributed by atoms with Crippen molar-refractivity contribution in [2.24, 2.45) is 9.98 Å². The number of halogens is 1. The fourth-order valence-electron chi connectivity index (χ4n) is 5.74. The Balaban J connectivity index is 1.27. The molecular weight excluding hydrogens is 538 g/mol. The summed E-state index contributed by atoms with van der Waals surface area (Å²) >= 11 is 6.48. The summed E-state index contributed by atoms with van der Waals surface area (Å²) < 4.78 is 6.20. The van der Waals surface area contributed by atoms with Gasteiger partial charge < -0.3 is 9.73 Å². The van der Waals surface area contributed by atoms with Gasteiger partial charge in [-0.3, -0.25) is 0 Å². The number of furan rings is 1. The Morgan fingerprint density at radius 3 is 2.10 bits per heavy atom. The number of hydrogen-bond acceptors (Lipinski definition) is 4. The third kappa shape index (κ3) is 4.25. The molecule has 1 unspecified atom stereocenters. The van der Waals surface area contributed by atoms with Gasteiger partial charge in [0.2, 0.25) is 0 Å². The molecule has 4 nitrogen and oxygen atoms in total. The Morgan fingerprint density at radius 1 is 0.571 bits per heavy atom. The summed E-state index contributed by atoms with van der Waals surface area (Å²) in [6.07, 6.45) is -0.462. The lowest BCUT2D eigenvalue weighted by molar-refractivity contribution is 0.667. The van der Waals surface area contributed by atoms with Crippen molar-refractivity contribution in [3.8, 4) is 11.1 Å². The van der Waals surface area contributed by atoms with Crippen molar-refractivity contribution in [2.45, 2.75) is 6.17 Å². The first-order valence-electron chi connectivity index (χ1n) is 13.9. The SMILES string of the molecule is Clc1ccccc1-c1ccc(C2=NC(c3cccc4oc5ccccc5c34)N=C(c3ccc4ccccc4c3)N2)cc1. The molecule has 6 aromatic carbocycles. The van der Waals surface area contributed by atoms with E-state index in [2.05, 4.69) is 84.2 Å². The van der Waals surface area contributed by atoms with Crippen LogP contribution in [0.15, 0.2) is 148 Å². The van der Waals surface area contributed by atoms with Crippen molar-refractivity contribution < 1.29 is 4.42 Å². The third-order valence-corrected chi connectivity index (χ3v) is 8.15. The number of nitrogens with one attached hydrogen (secondary N) is 1.